The molecule has 4 heterocycles. The van der Waals surface area contributed by atoms with E-state index in [0.29, 0.717) is 16.8 Å². The van der Waals surface area contributed by atoms with Gasteiger partial charge in [-0.05, 0) is 18.6 Å². The predicted octanol–water partition coefficient (Wildman–Crippen LogP) is 1.81. The Morgan fingerprint density at radius 1 is 1.05 bits per heavy atom. The zero-order valence-electron chi connectivity index (χ0n) is 11.2. The van der Waals surface area contributed by atoms with Crippen LogP contribution >= 0.6 is 0 Å². The van der Waals surface area contributed by atoms with E-state index < -0.39 is 0 Å². The molecule has 0 bridgehead atoms. The Morgan fingerprint density at radius 3 is 2.57 bits per heavy atom. The lowest BCUT2D eigenvalue weighted by molar-refractivity contribution is -0.112. The molecule has 0 N–H and O–H groups in total. The molecule has 0 unspecified atom stereocenters. The van der Waals surface area contributed by atoms with Crippen LogP contribution in [0.4, 0.5) is 0 Å². The van der Waals surface area contributed by atoms with Crippen molar-refractivity contribution < 1.29 is 14.4 Å². The fourth-order valence-electron chi connectivity index (χ4n) is 3.37. The molecule has 104 valence electrons. The molecule has 0 saturated carbocycles. The van der Waals surface area contributed by atoms with E-state index in [2.05, 4.69) is 0 Å². The fourth-order valence-corrected chi connectivity index (χ4v) is 3.37. The molecule has 4 rings (SSSR count). The first-order chi connectivity index (χ1) is 10.2. The van der Waals surface area contributed by atoms with Gasteiger partial charge in [-0.15, -0.1) is 0 Å². The molecular formula is C16H12N2O3. The summed E-state index contributed by atoms with van der Waals surface area (Å²) < 4.78 is 3.81. The molecule has 0 spiro atoms. The number of rotatable bonds is 2. The number of nitrogens with zero attached hydrogens (tertiary/aromatic N) is 2. The van der Waals surface area contributed by atoms with E-state index in [9.17, 15) is 14.4 Å². The van der Waals surface area contributed by atoms with Gasteiger partial charge in [-0.1, -0.05) is 0 Å². The van der Waals surface area contributed by atoms with Gasteiger partial charge in [0.05, 0.1) is 17.8 Å². The minimum Gasteiger partial charge on any atom is -0.347 e. The number of carbonyl (C=O) groups is 3. The SMILES string of the molecule is O=Cc1ccn2c1/C(=C1\C(=O)Cc3c(C=O)ccn31)CC2. The zero-order chi connectivity index (χ0) is 14.6. The standard InChI is InChI=1S/C16H12N2O3/c19-8-10-2-6-18-13(10)7-14(21)16(18)12-3-5-17-4-1-11(9-20)15(12)17/h1-2,4,6,8-9H,3,5,7H2/b16-12+. The Morgan fingerprint density at radius 2 is 1.81 bits per heavy atom. The van der Waals surface area contributed by atoms with E-state index in [4.69, 9.17) is 0 Å². The van der Waals surface area contributed by atoms with Crippen molar-refractivity contribution in [1.82, 2.24) is 9.13 Å². The largest absolute Gasteiger partial charge is 0.347 e. The van der Waals surface area contributed by atoms with Gasteiger partial charge < -0.3 is 9.13 Å². The maximum Gasteiger partial charge on any atom is 0.185 e. The third kappa shape index (κ3) is 1.48. The second-order valence-corrected chi connectivity index (χ2v) is 5.31. The average molecular weight is 280 g/mol. The summed E-state index contributed by atoms with van der Waals surface area (Å²) in [5.74, 6) is 0.00944. The second-order valence-electron chi connectivity index (χ2n) is 5.31. The molecule has 0 saturated heterocycles. The normalized spacial score (nSPS) is 19.7. The third-order valence-corrected chi connectivity index (χ3v) is 4.28. The molecule has 21 heavy (non-hydrogen) atoms. The molecule has 0 aromatic carbocycles. The summed E-state index contributed by atoms with van der Waals surface area (Å²) in [6.45, 7) is 0.770. The van der Waals surface area contributed by atoms with Crippen molar-refractivity contribution in [3.63, 3.8) is 0 Å². The molecule has 2 aromatic rings. The Hall–Kier alpha value is -2.69. The van der Waals surface area contributed by atoms with E-state index >= 15 is 0 Å². The number of Topliss-reactive ketones (excluding diaryl/α,β-unsaturated/α-hetero) is 1. The molecule has 0 atom stereocenters. The number of allylic oxidation sites excluding steroid dienone is 2. The molecule has 5 heteroatoms. The highest BCUT2D eigenvalue weighted by molar-refractivity contribution is 6.26. The van der Waals surface area contributed by atoms with Crippen molar-refractivity contribution in [2.45, 2.75) is 19.4 Å². The lowest BCUT2D eigenvalue weighted by atomic mass is 10.0. The number of aryl methyl sites for hydroxylation is 1. The van der Waals surface area contributed by atoms with E-state index in [1.807, 2.05) is 10.8 Å². The van der Waals surface area contributed by atoms with Gasteiger partial charge in [0, 0.05) is 41.3 Å². The Kier molecular flexibility index (Phi) is 2.39. The minimum atomic E-state index is 0.00944. The van der Waals surface area contributed by atoms with E-state index in [0.717, 1.165) is 42.5 Å². The van der Waals surface area contributed by atoms with E-state index in [-0.39, 0.29) is 12.2 Å². The fraction of sp³-hybridized carbons (Fsp3) is 0.188. The van der Waals surface area contributed by atoms with Gasteiger partial charge in [-0.25, -0.2) is 0 Å². The monoisotopic (exact) mass is 280 g/mol. The number of ketones is 1. The van der Waals surface area contributed by atoms with E-state index in [1.54, 1.807) is 22.9 Å². The highest BCUT2D eigenvalue weighted by Crippen LogP contribution is 2.38. The van der Waals surface area contributed by atoms with Crippen molar-refractivity contribution >= 4 is 29.6 Å². The van der Waals surface area contributed by atoms with Gasteiger partial charge in [0.15, 0.2) is 18.4 Å². The predicted molar refractivity (Wildman–Crippen MR) is 76.1 cm³/mol. The molecular weight excluding hydrogens is 268 g/mol. The van der Waals surface area contributed by atoms with Gasteiger partial charge in [-0.3, -0.25) is 14.4 Å². The molecule has 0 fully saturated rings. The lowest BCUT2D eigenvalue weighted by Gasteiger charge is -2.07. The molecule has 0 amide bonds. The summed E-state index contributed by atoms with van der Waals surface area (Å²) in [5.41, 5.74) is 4.26. The van der Waals surface area contributed by atoms with Crippen LogP contribution in [-0.4, -0.2) is 27.5 Å². The van der Waals surface area contributed by atoms with Crippen LogP contribution in [0.15, 0.2) is 24.5 Å². The highest BCUT2D eigenvalue weighted by Gasteiger charge is 2.33. The van der Waals surface area contributed by atoms with Crippen LogP contribution in [0.5, 0.6) is 0 Å². The third-order valence-electron chi connectivity index (χ3n) is 4.28. The molecule has 2 aromatic heterocycles. The summed E-state index contributed by atoms with van der Waals surface area (Å²) in [6.07, 6.45) is 6.21. The van der Waals surface area contributed by atoms with Crippen molar-refractivity contribution in [3.8, 4) is 0 Å². The Bertz CT molecular complexity index is 836. The summed E-state index contributed by atoms with van der Waals surface area (Å²) in [7, 11) is 0. The smallest absolute Gasteiger partial charge is 0.185 e. The number of hydrogen-bond donors (Lipinski definition) is 0. The van der Waals surface area contributed by atoms with Crippen LogP contribution in [0, 0.1) is 0 Å². The number of hydrogen-bond acceptors (Lipinski definition) is 3. The number of carbonyl (C=O) groups excluding carboxylic acids is 3. The highest BCUT2D eigenvalue weighted by atomic mass is 16.1. The minimum absolute atomic E-state index is 0.00944. The lowest BCUT2D eigenvalue weighted by Crippen LogP contribution is -2.02. The van der Waals surface area contributed by atoms with Crippen molar-refractivity contribution in [2.24, 2.45) is 0 Å². The first-order valence-electron chi connectivity index (χ1n) is 6.81. The average Bonchev–Trinajstić information content (AvgIpc) is 3.19. The molecule has 2 aliphatic rings. The van der Waals surface area contributed by atoms with Gasteiger partial charge in [0.25, 0.3) is 0 Å². The first kappa shape index (κ1) is 12.1. The molecule has 0 radical (unpaired) electrons. The quantitative estimate of drug-likeness (QED) is 0.622. The van der Waals surface area contributed by atoms with Crippen LogP contribution in [0.25, 0.3) is 11.3 Å². The maximum absolute atomic E-state index is 12.4. The summed E-state index contributed by atoms with van der Waals surface area (Å²) >= 11 is 0. The number of aldehydes is 2. The van der Waals surface area contributed by atoms with Gasteiger partial charge in [0.1, 0.15) is 0 Å². The Labute approximate surface area is 120 Å². The first-order valence-corrected chi connectivity index (χ1v) is 6.81. The van der Waals surface area contributed by atoms with Crippen LogP contribution in [0.3, 0.4) is 0 Å². The van der Waals surface area contributed by atoms with Crippen LogP contribution in [0.1, 0.15) is 38.5 Å². The topological polar surface area (TPSA) is 61.1 Å². The van der Waals surface area contributed by atoms with Crippen molar-refractivity contribution in [1.29, 1.82) is 0 Å². The van der Waals surface area contributed by atoms with Crippen molar-refractivity contribution in [2.75, 3.05) is 0 Å². The van der Waals surface area contributed by atoms with E-state index in [1.165, 1.54) is 0 Å². The van der Waals surface area contributed by atoms with Crippen LogP contribution in [0.2, 0.25) is 0 Å². The number of fused-ring (bicyclic) bond motifs is 2. The summed E-state index contributed by atoms with van der Waals surface area (Å²) in [4.78, 5) is 34.6. The second kappa shape index (κ2) is 4.15. The van der Waals surface area contributed by atoms with Crippen LogP contribution < -0.4 is 0 Å². The molecule has 5 nitrogen and oxygen atoms in total. The zero-order valence-corrected chi connectivity index (χ0v) is 11.2. The van der Waals surface area contributed by atoms with Gasteiger partial charge in [-0.2, -0.15) is 0 Å². The number of aromatic nitrogens is 2. The van der Waals surface area contributed by atoms with Crippen molar-refractivity contribution in [3.05, 3.63) is 47.0 Å². The maximum atomic E-state index is 12.4. The molecule has 0 aliphatic carbocycles. The summed E-state index contributed by atoms with van der Waals surface area (Å²) in [5, 5.41) is 0. The van der Waals surface area contributed by atoms with Gasteiger partial charge in [0.2, 0.25) is 0 Å². The summed E-state index contributed by atoms with van der Waals surface area (Å²) in [6, 6.07) is 3.50. The molecule has 2 aliphatic heterocycles. The van der Waals surface area contributed by atoms with Gasteiger partial charge >= 0.3 is 0 Å². The Balaban J connectivity index is 1.98. The van der Waals surface area contributed by atoms with Crippen LogP contribution in [-0.2, 0) is 17.8 Å².